The highest BCUT2D eigenvalue weighted by molar-refractivity contribution is 7.19. The molecule has 4 rings (SSSR count). The van der Waals surface area contributed by atoms with Gasteiger partial charge in [0.15, 0.2) is 0 Å². The Hall–Kier alpha value is -1.59. The number of nitrogens with zero attached hydrogens (tertiary/aromatic N) is 2. The predicted octanol–water partition coefficient (Wildman–Crippen LogP) is 4.41. The molecule has 26 heavy (non-hydrogen) atoms. The summed E-state index contributed by atoms with van der Waals surface area (Å²) in [6, 6.07) is 16.8. The van der Waals surface area contributed by atoms with E-state index in [9.17, 15) is 5.11 Å². The van der Waals surface area contributed by atoms with Gasteiger partial charge in [0.25, 0.3) is 0 Å². The van der Waals surface area contributed by atoms with Gasteiger partial charge in [-0.25, -0.2) is 0 Å². The van der Waals surface area contributed by atoms with Gasteiger partial charge in [-0.15, -0.1) is 11.3 Å². The average Bonchev–Trinajstić information content (AvgIpc) is 3.11. The van der Waals surface area contributed by atoms with E-state index in [1.807, 2.05) is 12.1 Å². The normalized spacial score (nSPS) is 15.7. The van der Waals surface area contributed by atoms with Crippen molar-refractivity contribution in [2.75, 3.05) is 37.6 Å². The van der Waals surface area contributed by atoms with E-state index >= 15 is 0 Å². The Morgan fingerprint density at radius 1 is 1.00 bits per heavy atom. The molecule has 2 aromatic carbocycles. The minimum absolute atomic E-state index is 0.122. The fourth-order valence-corrected chi connectivity index (χ4v) is 4.67. The van der Waals surface area contributed by atoms with Crippen LogP contribution in [0.3, 0.4) is 0 Å². The summed E-state index contributed by atoms with van der Waals surface area (Å²) >= 11 is 7.64. The van der Waals surface area contributed by atoms with Crippen molar-refractivity contribution in [3.63, 3.8) is 0 Å². The van der Waals surface area contributed by atoms with E-state index in [0.717, 1.165) is 49.0 Å². The second-order valence-corrected chi connectivity index (χ2v) is 8.37. The van der Waals surface area contributed by atoms with Crippen LogP contribution in [0.25, 0.3) is 10.1 Å². The van der Waals surface area contributed by atoms with Crippen LogP contribution in [-0.4, -0.2) is 42.7 Å². The molecule has 0 atom stereocenters. The predicted molar refractivity (Wildman–Crippen MR) is 112 cm³/mol. The monoisotopic (exact) mass is 386 g/mol. The van der Waals surface area contributed by atoms with E-state index in [1.54, 1.807) is 11.3 Å². The van der Waals surface area contributed by atoms with Crippen LogP contribution in [0.15, 0.2) is 48.5 Å². The van der Waals surface area contributed by atoms with Gasteiger partial charge in [-0.1, -0.05) is 29.8 Å². The molecule has 5 heteroatoms. The van der Waals surface area contributed by atoms with Crippen LogP contribution >= 0.6 is 22.9 Å². The molecule has 2 heterocycles. The number of hydrogen-bond donors (Lipinski definition) is 1. The third-order valence-electron chi connectivity index (χ3n) is 5.09. The van der Waals surface area contributed by atoms with Crippen LogP contribution in [0.5, 0.6) is 0 Å². The second-order valence-electron chi connectivity index (χ2n) is 6.76. The largest absolute Gasteiger partial charge is 0.391 e. The molecule has 1 aromatic heterocycles. The lowest BCUT2D eigenvalue weighted by molar-refractivity contribution is 0.261. The molecule has 0 aliphatic carbocycles. The number of fused-ring (bicyclic) bond motifs is 1. The summed E-state index contributed by atoms with van der Waals surface area (Å²) in [6.07, 6.45) is 1.07. The summed E-state index contributed by atoms with van der Waals surface area (Å²) in [7, 11) is 0. The van der Waals surface area contributed by atoms with Crippen molar-refractivity contribution >= 4 is 38.7 Å². The Labute approximate surface area is 163 Å². The standard InChI is InChI=1S/C21H23ClN2OS/c22-17-6-4-16(5-7-17)8-9-23-10-12-24(13-11-23)20-2-1-3-21-19(20)14-18(15-25)26-21/h1-7,14,25H,8-13,15H2. The summed E-state index contributed by atoms with van der Waals surface area (Å²) in [5.74, 6) is 0. The minimum Gasteiger partial charge on any atom is -0.391 e. The first-order valence-corrected chi connectivity index (χ1v) is 10.3. The van der Waals surface area contributed by atoms with Crippen LogP contribution in [-0.2, 0) is 13.0 Å². The van der Waals surface area contributed by atoms with Crippen LogP contribution in [0.2, 0.25) is 5.02 Å². The third-order valence-corrected chi connectivity index (χ3v) is 6.43. The maximum Gasteiger partial charge on any atom is 0.0774 e. The Morgan fingerprint density at radius 3 is 2.50 bits per heavy atom. The average molecular weight is 387 g/mol. The van der Waals surface area contributed by atoms with Gasteiger partial charge in [0.1, 0.15) is 0 Å². The highest BCUT2D eigenvalue weighted by Crippen LogP contribution is 2.33. The van der Waals surface area contributed by atoms with Gasteiger partial charge < -0.3 is 10.0 Å². The molecule has 1 N–H and O–H groups in total. The quantitative estimate of drug-likeness (QED) is 0.703. The molecule has 1 aliphatic rings. The van der Waals surface area contributed by atoms with Crippen molar-refractivity contribution in [1.82, 2.24) is 4.90 Å². The number of benzene rings is 2. The lowest BCUT2D eigenvalue weighted by Gasteiger charge is -2.36. The van der Waals surface area contributed by atoms with Crippen molar-refractivity contribution in [3.8, 4) is 0 Å². The van der Waals surface area contributed by atoms with Gasteiger partial charge in [0.2, 0.25) is 0 Å². The van der Waals surface area contributed by atoms with Crippen LogP contribution < -0.4 is 4.90 Å². The van der Waals surface area contributed by atoms with E-state index in [0.29, 0.717) is 0 Å². The number of thiophene rings is 1. The number of rotatable bonds is 5. The Kier molecular flexibility index (Phi) is 5.46. The Morgan fingerprint density at radius 2 is 1.77 bits per heavy atom. The van der Waals surface area contributed by atoms with Gasteiger partial charge in [0, 0.05) is 58.4 Å². The third kappa shape index (κ3) is 3.89. The fourth-order valence-electron chi connectivity index (χ4n) is 3.60. The molecule has 3 aromatic rings. The molecule has 3 nitrogen and oxygen atoms in total. The van der Waals surface area contributed by atoms with E-state index in [4.69, 9.17) is 11.6 Å². The molecule has 0 radical (unpaired) electrons. The number of aliphatic hydroxyl groups excluding tert-OH is 1. The maximum atomic E-state index is 9.43. The van der Waals surface area contributed by atoms with Crippen molar-refractivity contribution in [3.05, 3.63) is 64.0 Å². The van der Waals surface area contributed by atoms with Gasteiger partial charge in [-0.05, 0) is 42.3 Å². The van der Waals surface area contributed by atoms with E-state index in [1.165, 1.54) is 21.3 Å². The van der Waals surface area contributed by atoms with Crippen LogP contribution in [0.1, 0.15) is 10.4 Å². The molecule has 1 fully saturated rings. The zero-order valence-electron chi connectivity index (χ0n) is 14.7. The Balaban J connectivity index is 1.37. The molecule has 0 amide bonds. The topological polar surface area (TPSA) is 26.7 Å². The second kappa shape index (κ2) is 7.97. The van der Waals surface area contributed by atoms with Gasteiger partial charge in [0.05, 0.1) is 6.61 Å². The number of aliphatic hydroxyl groups is 1. The highest BCUT2D eigenvalue weighted by Gasteiger charge is 2.19. The molecule has 136 valence electrons. The summed E-state index contributed by atoms with van der Waals surface area (Å²) in [5.41, 5.74) is 2.65. The van der Waals surface area contributed by atoms with Gasteiger partial charge >= 0.3 is 0 Å². The molecule has 1 saturated heterocycles. The van der Waals surface area contributed by atoms with E-state index in [-0.39, 0.29) is 6.61 Å². The lowest BCUT2D eigenvalue weighted by Crippen LogP contribution is -2.47. The molecule has 0 saturated carbocycles. The zero-order chi connectivity index (χ0) is 17.9. The smallest absolute Gasteiger partial charge is 0.0774 e. The van der Waals surface area contributed by atoms with Crippen molar-refractivity contribution in [1.29, 1.82) is 0 Å². The molecular formula is C21H23ClN2OS. The maximum absolute atomic E-state index is 9.43. The van der Waals surface area contributed by atoms with Crippen LogP contribution in [0.4, 0.5) is 5.69 Å². The molecule has 1 aliphatic heterocycles. The number of piperazine rings is 1. The van der Waals surface area contributed by atoms with Crippen molar-refractivity contribution < 1.29 is 5.11 Å². The van der Waals surface area contributed by atoms with Crippen molar-refractivity contribution in [2.45, 2.75) is 13.0 Å². The first kappa shape index (κ1) is 17.8. The zero-order valence-corrected chi connectivity index (χ0v) is 16.3. The summed E-state index contributed by atoms with van der Waals surface area (Å²) in [6.45, 7) is 5.47. The lowest BCUT2D eigenvalue weighted by atomic mass is 10.1. The summed E-state index contributed by atoms with van der Waals surface area (Å²) < 4.78 is 1.26. The summed E-state index contributed by atoms with van der Waals surface area (Å²) in [5, 5.41) is 11.5. The first-order chi connectivity index (χ1) is 12.7. The number of anilines is 1. The molecule has 0 spiro atoms. The molecular weight excluding hydrogens is 364 g/mol. The van der Waals surface area contributed by atoms with E-state index in [2.05, 4.69) is 46.2 Å². The Bertz CT molecular complexity index is 869. The van der Waals surface area contributed by atoms with E-state index < -0.39 is 0 Å². The molecule has 0 bridgehead atoms. The highest BCUT2D eigenvalue weighted by atomic mass is 35.5. The molecule has 0 unspecified atom stereocenters. The SMILES string of the molecule is OCc1cc2c(N3CCN(CCc4ccc(Cl)cc4)CC3)cccc2s1. The van der Waals surface area contributed by atoms with Crippen LogP contribution in [0, 0.1) is 0 Å². The van der Waals surface area contributed by atoms with Gasteiger partial charge in [-0.2, -0.15) is 0 Å². The van der Waals surface area contributed by atoms with Crippen molar-refractivity contribution in [2.24, 2.45) is 0 Å². The number of halogens is 1. The minimum atomic E-state index is 0.122. The fraction of sp³-hybridized carbons (Fsp3) is 0.333. The number of hydrogen-bond acceptors (Lipinski definition) is 4. The first-order valence-electron chi connectivity index (χ1n) is 9.07. The van der Waals surface area contributed by atoms with Gasteiger partial charge in [-0.3, -0.25) is 4.90 Å². The summed E-state index contributed by atoms with van der Waals surface area (Å²) in [4.78, 5) is 6.06.